The summed E-state index contributed by atoms with van der Waals surface area (Å²) in [6.45, 7) is 0.624. The predicted octanol–water partition coefficient (Wildman–Crippen LogP) is 4.56. The molecule has 5 heteroatoms. The van der Waals surface area contributed by atoms with Crippen molar-refractivity contribution in [2.75, 3.05) is 5.32 Å². The van der Waals surface area contributed by atoms with Crippen LogP contribution in [-0.4, -0.2) is 19.6 Å². The van der Waals surface area contributed by atoms with Gasteiger partial charge in [0.25, 0.3) is 0 Å². The molecule has 0 radical (unpaired) electrons. The Morgan fingerprint density at radius 1 is 0.815 bits per heavy atom. The van der Waals surface area contributed by atoms with Gasteiger partial charge < -0.3 is 5.32 Å². The first kappa shape index (κ1) is 15.5. The number of aromatic nitrogens is 4. The van der Waals surface area contributed by atoms with E-state index in [0.29, 0.717) is 6.54 Å². The fourth-order valence-corrected chi connectivity index (χ4v) is 3.20. The van der Waals surface area contributed by atoms with Crippen molar-refractivity contribution in [2.24, 2.45) is 0 Å². The minimum absolute atomic E-state index is 0.624. The van der Waals surface area contributed by atoms with Crippen molar-refractivity contribution < 1.29 is 0 Å². The SMILES string of the molecule is c1ccc(CNc2ccc3ncc(-c4ccc5ccccc5c4)n3n2)nc1. The van der Waals surface area contributed by atoms with Crippen LogP contribution in [0.15, 0.2) is 85.2 Å². The van der Waals surface area contributed by atoms with Crippen LogP contribution in [0.25, 0.3) is 27.7 Å². The number of imidazole rings is 1. The van der Waals surface area contributed by atoms with Gasteiger partial charge in [-0.1, -0.05) is 42.5 Å². The summed E-state index contributed by atoms with van der Waals surface area (Å²) in [6.07, 6.45) is 3.66. The number of nitrogens with zero attached hydrogens (tertiary/aromatic N) is 4. The van der Waals surface area contributed by atoms with Crippen molar-refractivity contribution in [3.63, 3.8) is 0 Å². The van der Waals surface area contributed by atoms with Crippen LogP contribution in [0, 0.1) is 0 Å². The van der Waals surface area contributed by atoms with Crippen LogP contribution in [0.2, 0.25) is 0 Å². The van der Waals surface area contributed by atoms with E-state index in [1.807, 2.05) is 41.0 Å². The van der Waals surface area contributed by atoms with E-state index < -0.39 is 0 Å². The van der Waals surface area contributed by atoms with E-state index in [4.69, 9.17) is 5.10 Å². The molecule has 0 aliphatic rings. The molecule has 0 saturated heterocycles. The smallest absolute Gasteiger partial charge is 0.154 e. The van der Waals surface area contributed by atoms with Gasteiger partial charge in [0, 0.05) is 11.8 Å². The standard InChI is InChI=1S/C22H17N5/c1-2-6-17-13-18(9-8-16(17)5-1)20-15-25-22-11-10-21(26-27(20)22)24-14-19-7-3-4-12-23-19/h1-13,15H,14H2,(H,24,26). The monoisotopic (exact) mass is 351 g/mol. The van der Waals surface area contributed by atoms with Crippen molar-refractivity contribution in [1.82, 2.24) is 19.6 Å². The van der Waals surface area contributed by atoms with Crippen molar-refractivity contribution in [2.45, 2.75) is 6.54 Å². The van der Waals surface area contributed by atoms with Gasteiger partial charge in [0.05, 0.1) is 24.1 Å². The first-order valence-corrected chi connectivity index (χ1v) is 8.84. The summed E-state index contributed by atoms with van der Waals surface area (Å²) < 4.78 is 1.88. The molecule has 5 aromatic rings. The third-order valence-corrected chi connectivity index (χ3v) is 4.58. The fraction of sp³-hybridized carbons (Fsp3) is 0.0455. The number of benzene rings is 2. The average molecular weight is 351 g/mol. The van der Waals surface area contributed by atoms with Crippen LogP contribution in [0.1, 0.15) is 5.69 Å². The Kier molecular flexibility index (Phi) is 3.76. The first-order chi connectivity index (χ1) is 13.4. The lowest BCUT2D eigenvalue weighted by Crippen LogP contribution is -2.05. The molecule has 0 atom stereocenters. The van der Waals surface area contributed by atoms with E-state index in [0.717, 1.165) is 28.4 Å². The summed E-state index contributed by atoms with van der Waals surface area (Å²) in [5.41, 5.74) is 3.86. The zero-order valence-electron chi connectivity index (χ0n) is 14.6. The number of anilines is 1. The molecule has 1 N–H and O–H groups in total. The van der Waals surface area contributed by atoms with Crippen LogP contribution in [0.4, 0.5) is 5.82 Å². The molecule has 27 heavy (non-hydrogen) atoms. The lowest BCUT2D eigenvalue weighted by atomic mass is 10.1. The lowest BCUT2D eigenvalue weighted by Gasteiger charge is -2.07. The molecule has 0 spiro atoms. The number of hydrogen-bond donors (Lipinski definition) is 1. The van der Waals surface area contributed by atoms with Crippen molar-refractivity contribution >= 4 is 22.2 Å². The van der Waals surface area contributed by atoms with Gasteiger partial charge in [0.2, 0.25) is 0 Å². The summed E-state index contributed by atoms with van der Waals surface area (Å²) in [6, 6.07) is 24.6. The van der Waals surface area contributed by atoms with Crippen molar-refractivity contribution in [1.29, 1.82) is 0 Å². The second-order valence-corrected chi connectivity index (χ2v) is 6.37. The summed E-state index contributed by atoms with van der Waals surface area (Å²) in [5, 5.41) is 10.5. The highest BCUT2D eigenvalue weighted by Gasteiger charge is 2.09. The molecule has 0 amide bonds. The molecule has 2 aromatic carbocycles. The Morgan fingerprint density at radius 2 is 1.70 bits per heavy atom. The van der Waals surface area contributed by atoms with E-state index in [1.54, 1.807) is 6.20 Å². The summed E-state index contributed by atoms with van der Waals surface area (Å²) in [4.78, 5) is 8.83. The minimum Gasteiger partial charge on any atom is -0.363 e. The quantitative estimate of drug-likeness (QED) is 0.516. The normalized spacial score (nSPS) is 11.1. The molecule has 130 valence electrons. The molecule has 0 unspecified atom stereocenters. The topological polar surface area (TPSA) is 55.1 Å². The third-order valence-electron chi connectivity index (χ3n) is 4.58. The van der Waals surface area contributed by atoms with Gasteiger partial charge in [-0.25, -0.2) is 9.50 Å². The van der Waals surface area contributed by atoms with Crippen LogP contribution in [0.3, 0.4) is 0 Å². The maximum atomic E-state index is 4.72. The molecular weight excluding hydrogens is 334 g/mol. The third kappa shape index (κ3) is 3.00. The highest BCUT2D eigenvalue weighted by molar-refractivity contribution is 5.87. The van der Waals surface area contributed by atoms with Gasteiger partial charge in [-0.05, 0) is 41.1 Å². The van der Waals surface area contributed by atoms with Gasteiger partial charge in [0.15, 0.2) is 5.65 Å². The van der Waals surface area contributed by atoms with Crippen LogP contribution >= 0.6 is 0 Å². The maximum absolute atomic E-state index is 4.72. The maximum Gasteiger partial charge on any atom is 0.154 e. The summed E-state index contributed by atoms with van der Waals surface area (Å²) in [7, 11) is 0. The van der Waals surface area contributed by atoms with Gasteiger partial charge in [-0.15, -0.1) is 5.10 Å². The molecule has 0 fully saturated rings. The fourth-order valence-electron chi connectivity index (χ4n) is 3.20. The Hall–Kier alpha value is -3.73. The molecule has 5 rings (SSSR count). The largest absolute Gasteiger partial charge is 0.363 e. The molecule has 3 aromatic heterocycles. The molecule has 0 saturated carbocycles. The summed E-state index contributed by atoms with van der Waals surface area (Å²) in [5.74, 6) is 0.785. The molecule has 3 heterocycles. The van der Waals surface area contributed by atoms with Gasteiger partial charge in [0.1, 0.15) is 5.82 Å². The van der Waals surface area contributed by atoms with Gasteiger partial charge in [-0.3, -0.25) is 4.98 Å². The van der Waals surface area contributed by atoms with Crippen molar-refractivity contribution in [3.05, 3.63) is 90.9 Å². The minimum atomic E-state index is 0.624. The highest BCUT2D eigenvalue weighted by atomic mass is 15.3. The van der Waals surface area contributed by atoms with E-state index in [2.05, 4.69) is 57.7 Å². The molecule has 5 nitrogen and oxygen atoms in total. The van der Waals surface area contributed by atoms with E-state index in [9.17, 15) is 0 Å². The molecular formula is C22H17N5. The second-order valence-electron chi connectivity index (χ2n) is 6.37. The Labute approximate surface area is 156 Å². The van der Waals surface area contributed by atoms with Gasteiger partial charge >= 0.3 is 0 Å². The predicted molar refractivity (Wildman–Crippen MR) is 107 cm³/mol. The van der Waals surface area contributed by atoms with Crippen LogP contribution < -0.4 is 5.32 Å². The van der Waals surface area contributed by atoms with Crippen molar-refractivity contribution in [3.8, 4) is 11.3 Å². The van der Waals surface area contributed by atoms with E-state index in [1.165, 1.54) is 10.8 Å². The van der Waals surface area contributed by atoms with E-state index in [-0.39, 0.29) is 0 Å². The number of rotatable bonds is 4. The average Bonchev–Trinajstić information content (AvgIpc) is 3.16. The first-order valence-electron chi connectivity index (χ1n) is 8.84. The highest BCUT2D eigenvalue weighted by Crippen LogP contribution is 2.25. The summed E-state index contributed by atoms with van der Waals surface area (Å²) >= 11 is 0. The molecule has 0 aliphatic heterocycles. The van der Waals surface area contributed by atoms with Crippen LogP contribution in [-0.2, 0) is 6.54 Å². The number of hydrogen-bond acceptors (Lipinski definition) is 4. The molecule has 0 aliphatic carbocycles. The Bertz CT molecular complexity index is 1230. The lowest BCUT2D eigenvalue weighted by molar-refractivity contribution is 0.924. The Balaban J connectivity index is 1.50. The second kappa shape index (κ2) is 6.53. The Morgan fingerprint density at radius 3 is 2.59 bits per heavy atom. The zero-order chi connectivity index (χ0) is 18.1. The van der Waals surface area contributed by atoms with Crippen LogP contribution in [0.5, 0.6) is 0 Å². The van der Waals surface area contributed by atoms with E-state index >= 15 is 0 Å². The molecule has 0 bridgehead atoms. The van der Waals surface area contributed by atoms with Gasteiger partial charge in [-0.2, -0.15) is 0 Å². The number of fused-ring (bicyclic) bond motifs is 2. The number of pyridine rings is 1. The zero-order valence-corrected chi connectivity index (χ0v) is 14.6. The number of nitrogens with one attached hydrogen (secondary N) is 1.